The molecule has 1 saturated heterocycles. The van der Waals surface area contributed by atoms with Crippen LogP contribution in [0.25, 0.3) is 0 Å². The largest absolute Gasteiger partial charge is 0.356 e. The lowest BCUT2D eigenvalue weighted by Gasteiger charge is -2.39. The zero-order valence-electron chi connectivity index (χ0n) is 19.0. The molecular weight excluding hydrogens is 408 g/mol. The number of thiol groups is 1. The number of rotatable bonds is 3. The minimum atomic E-state index is -1.46. The van der Waals surface area contributed by atoms with Gasteiger partial charge in [-0.15, -0.1) is 22.0 Å². The highest BCUT2D eigenvalue weighted by atomic mass is 32.2. The Morgan fingerprint density at radius 2 is 1.63 bits per heavy atom. The van der Waals surface area contributed by atoms with Gasteiger partial charge in [0.05, 0.1) is 6.54 Å². The lowest BCUT2D eigenvalue weighted by molar-refractivity contribution is 0.279. The topological polar surface area (TPSA) is 31.2 Å². The molecule has 6 heteroatoms. The number of hydrogen-bond donors (Lipinski definition) is 1. The van der Waals surface area contributed by atoms with E-state index in [0.717, 1.165) is 55.2 Å². The molecular formula is C24H38N4S2. The smallest absolute Gasteiger partial charge is 0.129 e. The summed E-state index contributed by atoms with van der Waals surface area (Å²) in [6.07, 6.45) is 2.55. The molecule has 0 amide bonds. The molecule has 2 aliphatic heterocycles. The summed E-state index contributed by atoms with van der Waals surface area (Å²) < 4.78 is 2.45. The van der Waals surface area contributed by atoms with Crippen LogP contribution in [-0.2, 0) is 0 Å². The standard InChI is InChI=1S/C22H32N4S2.C2H6/c1-16-13-17(2)20(14-16)22-23-15-21(24-22)25-9-11-26(12-10-25)28(3,4)19-7-5-18(27)6-8-19;1-2/h5-8,16-17,20,27H,3-4,9-15H2,1-2H3;1-2H3. The van der Waals surface area contributed by atoms with Crippen molar-refractivity contribution in [1.82, 2.24) is 9.21 Å². The van der Waals surface area contributed by atoms with Gasteiger partial charge in [-0.05, 0) is 48.9 Å². The van der Waals surface area contributed by atoms with Gasteiger partial charge in [0.1, 0.15) is 11.7 Å². The van der Waals surface area contributed by atoms with Crippen LogP contribution < -0.4 is 0 Å². The van der Waals surface area contributed by atoms with Crippen LogP contribution in [0.15, 0.2) is 44.0 Å². The molecule has 3 unspecified atom stereocenters. The van der Waals surface area contributed by atoms with Crippen LogP contribution in [0.3, 0.4) is 0 Å². The first-order valence-corrected chi connectivity index (χ1v) is 13.6. The van der Waals surface area contributed by atoms with Crippen molar-refractivity contribution in [2.75, 3.05) is 32.7 Å². The molecule has 166 valence electrons. The lowest BCUT2D eigenvalue weighted by Crippen LogP contribution is -2.47. The Kier molecular flexibility index (Phi) is 7.75. The molecule has 4 rings (SSSR count). The molecule has 1 aromatic carbocycles. The van der Waals surface area contributed by atoms with Crippen molar-refractivity contribution in [3.63, 3.8) is 0 Å². The molecule has 0 N–H and O–H groups in total. The van der Waals surface area contributed by atoms with Crippen molar-refractivity contribution in [2.45, 2.75) is 50.3 Å². The Hall–Kier alpha value is -1.24. The zero-order chi connectivity index (χ0) is 21.9. The van der Waals surface area contributed by atoms with Gasteiger partial charge in [-0.2, -0.15) is 0 Å². The first-order valence-electron chi connectivity index (χ1n) is 11.2. The van der Waals surface area contributed by atoms with Crippen LogP contribution in [-0.4, -0.2) is 65.3 Å². The molecule has 30 heavy (non-hydrogen) atoms. The maximum Gasteiger partial charge on any atom is 0.129 e. The fourth-order valence-corrected chi connectivity index (χ4v) is 6.74. The van der Waals surface area contributed by atoms with Gasteiger partial charge in [-0.1, -0.05) is 39.4 Å². The molecule has 0 bridgehead atoms. The lowest BCUT2D eigenvalue weighted by atomic mass is 9.97. The second kappa shape index (κ2) is 9.92. The Labute approximate surface area is 189 Å². The van der Waals surface area contributed by atoms with E-state index in [1.165, 1.54) is 17.7 Å². The Balaban J connectivity index is 0.00000124. The Morgan fingerprint density at radius 3 is 2.20 bits per heavy atom. The number of amidine groups is 2. The molecule has 2 heterocycles. The summed E-state index contributed by atoms with van der Waals surface area (Å²) in [6, 6.07) is 8.30. The van der Waals surface area contributed by atoms with Gasteiger partial charge >= 0.3 is 0 Å². The van der Waals surface area contributed by atoms with E-state index in [1.807, 2.05) is 26.0 Å². The maximum atomic E-state index is 4.97. The predicted molar refractivity (Wildman–Crippen MR) is 139 cm³/mol. The monoisotopic (exact) mass is 446 g/mol. The molecule has 1 saturated carbocycles. The molecule has 0 radical (unpaired) electrons. The summed E-state index contributed by atoms with van der Waals surface area (Å²) in [4.78, 5) is 14.4. The molecule has 3 atom stereocenters. The minimum absolute atomic E-state index is 0.556. The fourth-order valence-electron chi connectivity index (χ4n) is 4.79. The van der Waals surface area contributed by atoms with E-state index in [4.69, 9.17) is 9.98 Å². The Bertz CT molecular complexity index is 878. The number of benzene rings is 1. The third-order valence-electron chi connectivity index (χ3n) is 6.45. The van der Waals surface area contributed by atoms with Gasteiger partial charge in [0.25, 0.3) is 0 Å². The van der Waals surface area contributed by atoms with Crippen molar-refractivity contribution in [2.24, 2.45) is 27.7 Å². The fraction of sp³-hybridized carbons (Fsp3) is 0.583. The normalized spacial score (nSPS) is 27.4. The van der Waals surface area contributed by atoms with Crippen molar-refractivity contribution in [3.05, 3.63) is 24.3 Å². The predicted octanol–water partition coefficient (Wildman–Crippen LogP) is 5.05. The van der Waals surface area contributed by atoms with Crippen molar-refractivity contribution in [1.29, 1.82) is 0 Å². The van der Waals surface area contributed by atoms with Crippen molar-refractivity contribution < 1.29 is 0 Å². The summed E-state index contributed by atoms with van der Waals surface area (Å²) in [6.45, 7) is 13.3. The first kappa shape index (κ1) is 23.4. The zero-order valence-corrected chi connectivity index (χ0v) is 20.8. The third kappa shape index (κ3) is 4.97. The second-order valence-corrected chi connectivity index (χ2v) is 11.8. The number of nitrogens with zero attached hydrogens (tertiary/aromatic N) is 4. The van der Waals surface area contributed by atoms with Crippen LogP contribution in [0.5, 0.6) is 0 Å². The van der Waals surface area contributed by atoms with Crippen LogP contribution in [0.2, 0.25) is 0 Å². The highest BCUT2D eigenvalue weighted by molar-refractivity contribution is 8.25. The summed E-state index contributed by atoms with van der Waals surface area (Å²) in [7, 11) is -1.46. The van der Waals surface area contributed by atoms with E-state index < -0.39 is 9.39 Å². The van der Waals surface area contributed by atoms with Gasteiger partial charge in [-0.3, -0.25) is 9.30 Å². The number of hydrogen-bond acceptors (Lipinski definition) is 5. The molecule has 1 aromatic rings. The molecule has 2 fully saturated rings. The summed E-state index contributed by atoms with van der Waals surface area (Å²) >= 11 is 4.39. The third-order valence-corrected chi connectivity index (χ3v) is 9.25. The summed E-state index contributed by atoms with van der Waals surface area (Å²) in [5.74, 6) is 13.3. The van der Waals surface area contributed by atoms with Gasteiger partial charge in [0, 0.05) is 41.9 Å². The van der Waals surface area contributed by atoms with Gasteiger partial charge in [0.15, 0.2) is 0 Å². The van der Waals surface area contributed by atoms with Crippen LogP contribution in [0.1, 0.15) is 40.5 Å². The molecule has 4 nitrogen and oxygen atoms in total. The highest BCUT2D eigenvalue weighted by Gasteiger charge is 2.34. The second-order valence-electron chi connectivity index (χ2n) is 8.62. The van der Waals surface area contributed by atoms with E-state index in [0.29, 0.717) is 11.8 Å². The van der Waals surface area contributed by atoms with E-state index in [2.05, 4.69) is 59.6 Å². The van der Waals surface area contributed by atoms with Gasteiger partial charge in [-0.25, -0.2) is 4.99 Å². The highest BCUT2D eigenvalue weighted by Crippen LogP contribution is 2.39. The molecule has 1 aliphatic carbocycles. The van der Waals surface area contributed by atoms with Crippen LogP contribution in [0.4, 0.5) is 0 Å². The van der Waals surface area contributed by atoms with Crippen LogP contribution in [0, 0.1) is 17.8 Å². The molecule has 0 aromatic heterocycles. The van der Waals surface area contributed by atoms with E-state index in [1.54, 1.807) is 0 Å². The average molecular weight is 447 g/mol. The average Bonchev–Trinajstić information content (AvgIpc) is 3.36. The van der Waals surface area contributed by atoms with E-state index in [9.17, 15) is 0 Å². The van der Waals surface area contributed by atoms with E-state index >= 15 is 0 Å². The number of piperazine rings is 1. The quantitative estimate of drug-likeness (QED) is 0.520. The van der Waals surface area contributed by atoms with Gasteiger partial charge in [0.2, 0.25) is 0 Å². The molecule has 3 aliphatic rings. The van der Waals surface area contributed by atoms with Crippen molar-refractivity contribution in [3.8, 4) is 0 Å². The first-order chi connectivity index (χ1) is 14.3. The summed E-state index contributed by atoms with van der Waals surface area (Å²) in [5.41, 5.74) is 0. The number of aliphatic imine (C=N–C) groups is 2. The van der Waals surface area contributed by atoms with E-state index in [-0.39, 0.29) is 0 Å². The van der Waals surface area contributed by atoms with Gasteiger partial charge < -0.3 is 4.90 Å². The van der Waals surface area contributed by atoms with Crippen molar-refractivity contribution >= 4 is 45.4 Å². The maximum absolute atomic E-state index is 4.97. The molecule has 0 spiro atoms. The summed E-state index contributed by atoms with van der Waals surface area (Å²) in [5, 5.41) is 0. The van der Waals surface area contributed by atoms with Crippen LogP contribution >= 0.6 is 22.0 Å². The minimum Gasteiger partial charge on any atom is -0.356 e. The Morgan fingerprint density at radius 1 is 1.00 bits per heavy atom. The SMILES string of the molecule is C=S(=C)(c1ccc(S)cc1)N1CCN(C2=NC(C3CC(C)CC3C)=NC2)CC1.CC.